The zero-order chi connectivity index (χ0) is 26.2. The Bertz CT molecular complexity index is 1330. The number of hydrogen-bond donors (Lipinski definition) is 0. The molecule has 0 amide bonds. The summed E-state index contributed by atoms with van der Waals surface area (Å²) in [6.07, 6.45) is -1.93. The fourth-order valence-corrected chi connectivity index (χ4v) is 5.14. The molecule has 10 heteroatoms. The SMILES string of the molecule is O=C(OC(=O)C(F)(F)F)c1ccc2c(c1)CC[C@@H]1CN(Cc3cccnc3-c3ccc(Cl)cc3)CCN21. The molecule has 0 aliphatic carbocycles. The lowest BCUT2D eigenvalue weighted by molar-refractivity contribution is -0.193. The van der Waals surface area contributed by atoms with E-state index < -0.39 is 18.1 Å². The van der Waals surface area contributed by atoms with Gasteiger partial charge >= 0.3 is 18.1 Å². The van der Waals surface area contributed by atoms with Crippen molar-refractivity contribution in [1.29, 1.82) is 0 Å². The highest BCUT2D eigenvalue weighted by atomic mass is 35.5. The summed E-state index contributed by atoms with van der Waals surface area (Å²) in [5, 5.41) is 0.675. The summed E-state index contributed by atoms with van der Waals surface area (Å²) in [7, 11) is 0. The predicted molar refractivity (Wildman–Crippen MR) is 132 cm³/mol. The van der Waals surface area contributed by atoms with Gasteiger partial charge in [0.2, 0.25) is 0 Å². The van der Waals surface area contributed by atoms with E-state index in [2.05, 4.69) is 25.6 Å². The Morgan fingerprint density at radius 2 is 1.86 bits per heavy atom. The second-order valence-corrected chi connectivity index (χ2v) is 9.59. The van der Waals surface area contributed by atoms with Crippen molar-refractivity contribution in [1.82, 2.24) is 9.88 Å². The zero-order valence-electron chi connectivity index (χ0n) is 19.7. The summed E-state index contributed by atoms with van der Waals surface area (Å²) < 4.78 is 41.3. The Morgan fingerprint density at radius 1 is 1.08 bits per heavy atom. The minimum atomic E-state index is -5.22. The van der Waals surface area contributed by atoms with Crippen molar-refractivity contribution in [2.45, 2.75) is 31.6 Å². The summed E-state index contributed by atoms with van der Waals surface area (Å²) in [6, 6.07) is 16.6. The van der Waals surface area contributed by atoms with Gasteiger partial charge in [0.15, 0.2) is 0 Å². The predicted octanol–water partition coefficient (Wildman–Crippen LogP) is 5.28. The first-order chi connectivity index (χ1) is 17.7. The Kier molecular flexibility index (Phi) is 6.92. The van der Waals surface area contributed by atoms with Crippen molar-refractivity contribution in [2.24, 2.45) is 0 Å². The van der Waals surface area contributed by atoms with Gasteiger partial charge in [0.25, 0.3) is 0 Å². The van der Waals surface area contributed by atoms with Gasteiger partial charge in [-0.2, -0.15) is 13.2 Å². The number of esters is 2. The molecule has 1 aromatic heterocycles. The van der Waals surface area contributed by atoms with Crippen LogP contribution in [-0.2, 0) is 22.5 Å². The second-order valence-electron chi connectivity index (χ2n) is 9.16. The first kappa shape index (κ1) is 25.2. The molecule has 0 unspecified atom stereocenters. The summed E-state index contributed by atoms with van der Waals surface area (Å²) in [5.74, 6) is -3.82. The average molecular weight is 530 g/mol. The van der Waals surface area contributed by atoms with Gasteiger partial charge in [-0.05, 0) is 60.4 Å². The van der Waals surface area contributed by atoms with E-state index in [4.69, 9.17) is 11.6 Å². The first-order valence-electron chi connectivity index (χ1n) is 11.8. The van der Waals surface area contributed by atoms with Gasteiger partial charge in [-0.25, -0.2) is 9.59 Å². The molecule has 3 aromatic rings. The molecular formula is C27H23ClF3N3O3. The van der Waals surface area contributed by atoms with Crippen LogP contribution in [0.15, 0.2) is 60.8 Å². The zero-order valence-corrected chi connectivity index (χ0v) is 20.4. The van der Waals surface area contributed by atoms with E-state index >= 15 is 0 Å². The molecule has 0 radical (unpaired) electrons. The number of alkyl halides is 3. The van der Waals surface area contributed by atoms with Gasteiger partial charge in [0.05, 0.1) is 11.3 Å². The van der Waals surface area contributed by atoms with E-state index in [-0.39, 0.29) is 11.6 Å². The number of nitrogens with zero attached hydrogens (tertiary/aromatic N) is 3. The lowest BCUT2D eigenvalue weighted by Gasteiger charge is -2.46. The number of benzene rings is 2. The van der Waals surface area contributed by atoms with Crippen LogP contribution in [0.2, 0.25) is 5.02 Å². The number of aryl methyl sites for hydroxylation is 1. The van der Waals surface area contributed by atoms with Gasteiger partial charge in [0, 0.05) is 54.7 Å². The highest BCUT2D eigenvalue weighted by molar-refractivity contribution is 6.30. The molecule has 2 aliphatic heterocycles. The summed E-state index contributed by atoms with van der Waals surface area (Å²) >= 11 is 6.05. The lowest BCUT2D eigenvalue weighted by atomic mass is 9.92. The van der Waals surface area contributed by atoms with Crippen LogP contribution in [-0.4, -0.2) is 53.7 Å². The van der Waals surface area contributed by atoms with E-state index in [1.807, 2.05) is 30.3 Å². The van der Waals surface area contributed by atoms with Crippen LogP contribution in [0.4, 0.5) is 18.9 Å². The maximum Gasteiger partial charge on any atom is 0.491 e. The summed E-state index contributed by atoms with van der Waals surface area (Å²) in [6.45, 7) is 3.18. The molecule has 1 atom stereocenters. The number of aromatic nitrogens is 1. The number of carbonyl (C=O) groups excluding carboxylic acids is 2. The minimum Gasteiger partial charge on any atom is -0.383 e. The lowest BCUT2D eigenvalue weighted by Crippen LogP contribution is -2.54. The highest BCUT2D eigenvalue weighted by Crippen LogP contribution is 2.34. The largest absolute Gasteiger partial charge is 0.491 e. The monoisotopic (exact) mass is 529 g/mol. The van der Waals surface area contributed by atoms with Crippen LogP contribution in [0.1, 0.15) is 27.9 Å². The van der Waals surface area contributed by atoms with Crippen molar-refractivity contribution in [3.05, 3.63) is 82.5 Å². The number of pyridine rings is 1. The molecule has 0 spiro atoms. The van der Waals surface area contributed by atoms with Gasteiger partial charge in [-0.15, -0.1) is 0 Å². The molecule has 2 aromatic carbocycles. The number of carbonyl (C=O) groups is 2. The molecular weight excluding hydrogens is 507 g/mol. The fourth-order valence-electron chi connectivity index (χ4n) is 5.02. The van der Waals surface area contributed by atoms with E-state index in [0.29, 0.717) is 11.4 Å². The number of halogens is 4. The van der Waals surface area contributed by atoms with Gasteiger partial charge < -0.3 is 9.64 Å². The molecule has 1 saturated heterocycles. The normalized spacial score (nSPS) is 17.6. The average Bonchev–Trinajstić information content (AvgIpc) is 2.88. The molecule has 2 aliphatic rings. The Hall–Kier alpha value is -3.43. The smallest absolute Gasteiger partial charge is 0.383 e. The highest BCUT2D eigenvalue weighted by Gasteiger charge is 2.42. The van der Waals surface area contributed by atoms with Crippen LogP contribution < -0.4 is 4.90 Å². The third-order valence-electron chi connectivity index (χ3n) is 6.76. The molecule has 0 saturated carbocycles. The molecule has 0 bridgehead atoms. The van der Waals surface area contributed by atoms with Crippen LogP contribution in [0.25, 0.3) is 11.3 Å². The number of anilines is 1. The van der Waals surface area contributed by atoms with E-state index in [1.165, 1.54) is 12.1 Å². The Morgan fingerprint density at radius 3 is 2.62 bits per heavy atom. The van der Waals surface area contributed by atoms with Crippen molar-refractivity contribution < 1.29 is 27.5 Å². The molecule has 6 nitrogen and oxygen atoms in total. The number of hydrogen-bond acceptors (Lipinski definition) is 6. The molecule has 1 fully saturated rings. The van der Waals surface area contributed by atoms with Crippen molar-refractivity contribution in [3.8, 4) is 11.3 Å². The molecule has 3 heterocycles. The molecule has 0 N–H and O–H groups in total. The third kappa shape index (κ3) is 5.47. The van der Waals surface area contributed by atoms with Crippen LogP contribution >= 0.6 is 11.6 Å². The minimum absolute atomic E-state index is 0.0697. The summed E-state index contributed by atoms with van der Waals surface area (Å²) in [4.78, 5) is 32.4. The van der Waals surface area contributed by atoms with E-state index in [1.54, 1.807) is 12.3 Å². The summed E-state index contributed by atoms with van der Waals surface area (Å²) in [5.41, 5.74) is 4.81. The van der Waals surface area contributed by atoms with Crippen LogP contribution in [0.5, 0.6) is 0 Å². The topological polar surface area (TPSA) is 62.7 Å². The third-order valence-corrected chi connectivity index (χ3v) is 7.01. The van der Waals surface area contributed by atoms with Gasteiger partial charge in [0.1, 0.15) is 0 Å². The van der Waals surface area contributed by atoms with E-state index in [9.17, 15) is 22.8 Å². The standard InChI is InChI=1S/C27H23ClF3N3O3/c28-21-7-3-17(4-8-21)24-20(2-1-11-32-24)15-33-12-13-34-22(16-33)9-5-18-14-19(6-10-23(18)34)25(35)37-26(36)27(29,30)31/h1-4,6-8,10-11,14,22H,5,9,12-13,15-16H2/t22-/m1/s1. The number of rotatable bonds is 4. The molecule has 192 valence electrons. The van der Waals surface area contributed by atoms with Gasteiger partial charge in [-0.1, -0.05) is 29.8 Å². The maximum absolute atomic E-state index is 12.4. The van der Waals surface area contributed by atoms with Crippen LogP contribution in [0.3, 0.4) is 0 Å². The number of fused-ring (bicyclic) bond motifs is 3. The first-order valence-corrected chi connectivity index (χ1v) is 12.2. The van der Waals surface area contributed by atoms with Crippen molar-refractivity contribution in [3.63, 3.8) is 0 Å². The Balaban J connectivity index is 1.27. The van der Waals surface area contributed by atoms with Crippen molar-refractivity contribution >= 4 is 29.2 Å². The quantitative estimate of drug-likeness (QED) is 0.338. The van der Waals surface area contributed by atoms with Crippen molar-refractivity contribution in [2.75, 3.05) is 24.5 Å². The number of piperazine rings is 1. The molecule has 5 rings (SSSR count). The molecule has 37 heavy (non-hydrogen) atoms. The van der Waals surface area contributed by atoms with E-state index in [0.717, 1.165) is 60.7 Å². The maximum atomic E-state index is 12.4. The second kappa shape index (κ2) is 10.1. The number of ether oxygens (including phenoxy) is 1. The van der Waals surface area contributed by atoms with Gasteiger partial charge in [-0.3, -0.25) is 9.88 Å². The fraction of sp³-hybridized carbons (Fsp3) is 0.296. The Labute approximate surface area is 216 Å². The van der Waals surface area contributed by atoms with Crippen LogP contribution in [0, 0.1) is 0 Å².